The van der Waals surface area contributed by atoms with E-state index >= 15 is 0 Å². The number of allylic oxidation sites excluding steroid dienone is 2. The maximum absolute atomic E-state index is 14.4. The predicted molar refractivity (Wildman–Crippen MR) is 90.9 cm³/mol. The molecule has 4 heteroatoms. The number of rotatable bonds is 2. The first kappa shape index (κ1) is 14.9. The van der Waals surface area contributed by atoms with Crippen molar-refractivity contribution in [3.05, 3.63) is 76.6 Å². The first-order valence-corrected chi connectivity index (χ1v) is 8.12. The molecular weight excluding hydrogens is 305 g/mol. The van der Waals surface area contributed by atoms with Gasteiger partial charge in [0.05, 0.1) is 11.6 Å². The number of anilines is 1. The van der Waals surface area contributed by atoms with Crippen LogP contribution in [0.15, 0.2) is 48.6 Å². The molecule has 1 aliphatic heterocycles. The summed E-state index contributed by atoms with van der Waals surface area (Å²) in [6.07, 6.45) is 5.19. The van der Waals surface area contributed by atoms with Crippen LogP contribution >= 0.6 is 0 Å². The second-order valence-electron chi connectivity index (χ2n) is 6.50. The second kappa shape index (κ2) is 5.48. The number of hydrogen-bond acceptors (Lipinski definition) is 2. The molecule has 0 fully saturated rings. The van der Waals surface area contributed by atoms with Crippen LogP contribution in [0.25, 0.3) is 0 Å². The van der Waals surface area contributed by atoms with Gasteiger partial charge in [0, 0.05) is 17.2 Å². The van der Waals surface area contributed by atoms with Gasteiger partial charge in [0.2, 0.25) is 0 Å². The van der Waals surface area contributed by atoms with E-state index in [4.69, 9.17) is 0 Å². The number of carboxylic acid groups (broad SMARTS) is 1. The maximum atomic E-state index is 14.4. The standard InChI is InChI=1S/C20H18FNO2/c1-11-12(20(23)24)9-10-15-13-6-4-7-14(13)19(22-18(11)15)16-5-2-3-8-17(16)21/h2-6,8-10,13-14,19,22H,7H2,1H3,(H,23,24)/t13-,14+,19-/m1/s1. The van der Waals surface area contributed by atoms with Crippen molar-refractivity contribution in [3.8, 4) is 0 Å². The molecule has 2 aliphatic rings. The zero-order chi connectivity index (χ0) is 16.8. The molecule has 0 aromatic heterocycles. The highest BCUT2D eigenvalue weighted by Crippen LogP contribution is 2.51. The van der Waals surface area contributed by atoms with Gasteiger partial charge in [0.1, 0.15) is 5.82 Å². The Morgan fingerprint density at radius 3 is 2.75 bits per heavy atom. The largest absolute Gasteiger partial charge is 0.478 e. The molecule has 24 heavy (non-hydrogen) atoms. The number of carboxylic acids is 1. The van der Waals surface area contributed by atoms with Crippen molar-refractivity contribution in [2.75, 3.05) is 5.32 Å². The Bertz CT molecular complexity index is 859. The molecule has 3 atom stereocenters. The van der Waals surface area contributed by atoms with Crippen LogP contribution in [0.5, 0.6) is 0 Å². The molecule has 0 spiro atoms. The quantitative estimate of drug-likeness (QED) is 0.790. The third-order valence-electron chi connectivity index (χ3n) is 5.27. The lowest BCUT2D eigenvalue weighted by molar-refractivity contribution is 0.0696. The SMILES string of the molecule is Cc1c(C(=O)O)ccc2c1N[C@@H](c1ccccc1F)[C@H]1CC=C[C@@H]21. The van der Waals surface area contributed by atoms with Crippen LogP contribution in [0.1, 0.15) is 45.4 Å². The fourth-order valence-electron chi connectivity index (χ4n) is 4.08. The highest BCUT2D eigenvalue weighted by atomic mass is 19.1. The Balaban J connectivity index is 1.87. The zero-order valence-corrected chi connectivity index (χ0v) is 13.3. The number of hydrogen-bond donors (Lipinski definition) is 2. The molecule has 1 heterocycles. The van der Waals surface area contributed by atoms with Crippen LogP contribution in [-0.4, -0.2) is 11.1 Å². The van der Waals surface area contributed by atoms with Gasteiger partial charge in [-0.15, -0.1) is 0 Å². The van der Waals surface area contributed by atoms with E-state index in [1.807, 2.05) is 25.1 Å². The lowest BCUT2D eigenvalue weighted by atomic mass is 9.76. The number of nitrogens with one attached hydrogen (secondary N) is 1. The molecular formula is C20H18FNO2. The Kier molecular flexibility index (Phi) is 3.41. The van der Waals surface area contributed by atoms with Crippen LogP contribution in [-0.2, 0) is 0 Å². The number of benzene rings is 2. The van der Waals surface area contributed by atoms with Gasteiger partial charge >= 0.3 is 5.97 Å². The average Bonchev–Trinajstić information content (AvgIpc) is 3.05. The van der Waals surface area contributed by atoms with Gasteiger partial charge in [-0.2, -0.15) is 0 Å². The Labute approximate surface area is 139 Å². The minimum atomic E-state index is -0.941. The van der Waals surface area contributed by atoms with Gasteiger partial charge in [-0.05, 0) is 42.5 Å². The molecule has 0 amide bonds. The summed E-state index contributed by atoms with van der Waals surface area (Å²) in [5.74, 6) is -0.739. The Hall–Kier alpha value is -2.62. The average molecular weight is 323 g/mol. The van der Waals surface area contributed by atoms with E-state index < -0.39 is 5.97 Å². The van der Waals surface area contributed by atoms with E-state index in [9.17, 15) is 14.3 Å². The van der Waals surface area contributed by atoms with Gasteiger partial charge in [-0.25, -0.2) is 9.18 Å². The number of carbonyl (C=O) groups is 1. The van der Waals surface area contributed by atoms with Crippen molar-refractivity contribution < 1.29 is 14.3 Å². The lowest BCUT2D eigenvalue weighted by Gasteiger charge is -2.38. The van der Waals surface area contributed by atoms with Crippen LogP contribution in [0.4, 0.5) is 10.1 Å². The maximum Gasteiger partial charge on any atom is 0.336 e. The van der Waals surface area contributed by atoms with E-state index in [2.05, 4.69) is 17.5 Å². The highest BCUT2D eigenvalue weighted by molar-refractivity contribution is 5.92. The van der Waals surface area contributed by atoms with Crippen LogP contribution in [0.2, 0.25) is 0 Å². The number of halogens is 1. The van der Waals surface area contributed by atoms with Gasteiger partial charge < -0.3 is 10.4 Å². The van der Waals surface area contributed by atoms with Crippen LogP contribution in [0, 0.1) is 18.7 Å². The lowest BCUT2D eigenvalue weighted by Crippen LogP contribution is -2.30. The first-order chi connectivity index (χ1) is 11.6. The van der Waals surface area contributed by atoms with Gasteiger partial charge in [-0.3, -0.25) is 0 Å². The fraction of sp³-hybridized carbons (Fsp3) is 0.250. The van der Waals surface area contributed by atoms with E-state index in [-0.39, 0.29) is 29.3 Å². The van der Waals surface area contributed by atoms with Crippen LogP contribution in [0.3, 0.4) is 0 Å². The molecule has 0 bridgehead atoms. The van der Waals surface area contributed by atoms with Crippen molar-refractivity contribution in [1.82, 2.24) is 0 Å². The minimum absolute atomic E-state index is 0.165. The molecule has 4 rings (SSSR count). The first-order valence-electron chi connectivity index (χ1n) is 8.12. The molecule has 2 aromatic carbocycles. The third-order valence-corrected chi connectivity index (χ3v) is 5.27. The van der Waals surface area contributed by atoms with E-state index in [1.165, 1.54) is 6.07 Å². The third kappa shape index (κ3) is 2.13. The minimum Gasteiger partial charge on any atom is -0.478 e. The summed E-state index contributed by atoms with van der Waals surface area (Å²) < 4.78 is 14.4. The molecule has 1 aliphatic carbocycles. The zero-order valence-electron chi connectivity index (χ0n) is 13.3. The Morgan fingerprint density at radius 2 is 2.00 bits per heavy atom. The van der Waals surface area contributed by atoms with Crippen molar-refractivity contribution >= 4 is 11.7 Å². The fourth-order valence-corrected chi connectivity index (χ4v) is 4.08. The summed E-state index contributed by atoms with van der Waals surface area (Å²) >= 11 is 0. The van der Waals surface area contributed by atoms with E-state index in [0.29, 0.717) is 11.1 Å². The molecule has 0 saturated heterocycles. The summed E-state index contributed by atoms with van der Waals surface area (Å²) in [6.45, 7) is 1.81. The molecule has 2 aromatic rings. The van der Waals surface area contributed by atoms with Gasteiger partial charge in [0.25, 0.3) is 0 Å². The highest BCUT2D eigenvalue weighted by Gasteiger charge is 2.39. The Morgan fingerprint density at radius 1 is 1.21 bits per heavy atom. The molecule has 0 radical (unpaired) electrons. The van der Waals surface area contributed by atoms with Gasteiger partial charge in [0.15, 0.2) is 0 Å². The summed E-state index contributed by atoms with van der Waals surface area (Å²) in [7, 11) is 0. The number of aromatic carboxylic acids is 1. The molecule has 0 saturated carbocycles. The van der Waals surface area contributed by atoms with E-state index in [1.54, 1.807) is 12.1 Å². The van der Waals surface area contributed by atoms with Crippen molar-refractivity contribution in [1.29, 1.82) is 0 Å². The molecule has 0 unspecified atom stereocenters. The van der Waals surface area contributed by atoms with Crippen molar-refractivity contribution in [2.45, 2.75) is 25.3 Å². The van der Waals surface area contributed by atoms with Crippen molar-refractivity contribution in [2.24, 2.45) is 5.92 Å². The second-order valence-corrected chi connectivity index (χ2v) is 6.50. The monoisotopic (exact) mass is 323 g/mol. The summed E-state index contributed by atoms with van der Waals surface area (Å²) in [6, 6.07) is 10.2. The normalized spacial score (nSPS) is 24.2. The van der Waals surface area contributed by atoms with E-state index in [0.717, 1.165) is 17.7 Å². The number of fused-ring (bicyclic) bond motifs is 3. The van der Waals surface area contributed by atoms with Gasteiger partial charge in [-0.1, -0.05) is 36.4 Å². The smallest absolute Gasteiger partial charge is 0.336 e. The topological polar surface area (TPSA) is 49.3 Å². The molecule has 3 nitrogen and oxygen atoms in total. The van der Waals surface area contributed by atoms with Crippen LogP contribution < -0.4 is 5.32 Å². The van der Waals surface area contributed by atoms with Crippen molar-refractivity contribution in [3.63, 3.8) is 0 Å². The summed E-state index contributed by atoms with van der Waals surface area (Å²) in [5.41, 5.74) is 3.57. The predicted octanol–water partition coefficient (Wildman–Crippen LogP) is 4.66. The molecule has 2 N–H and O–H groups in total. The summed E-state index contributed by atoms with van der Waals surface area (Å²) in [4.78, 5) is 11.4. The molecule has 122 valence electrons. The summed E-state index contributed by atoms with van der Waals surface area (Å²) in [5, 5.41) is 12.8.